The van der Waals surface area contributed by atoms with Crippen molar-refractivity contribution >= 4 is 43.5 Å². The number of nitrogens with one attached hydrogen (secondary N) is 1. The fourth-order valence-corrected chi connectivity index (χ4v) is 9.82. The summed E-state index contributed by atoms with van der Waals surface area (Å²) in [5.74, 6) is -5.38. The van der Waals surface area contributed by atoms with Crippen LogP contribution < -0.4 is 16.8 Å². The van der Waals surface area contributed by atoms with Crippen LogP contribution in [0.4, 0.5) is 0 Å². The molecule has 3 unspecified atom stereocenters. The third-order valence-electron chi connectivity index (χ3n) is 13.5. The third-order valence-corrected chi connectivity index (χ3v) is 14.5. The van der Waals surface area contributed by atoms with Gasteiger partial charge in [-0.15, -0.1) is 0 Å². The minimum absolute atomic E-state index is 0.0621. The number of nitrogens with zero attached hydrogens (tertiary/aromatic N) is 1. The zero-order chi connectivity index (χ0) is 57.4. The number of phosphoric acid groups is 1. The van der Waals surface area contributed by atoms with Gasteiger partial charge in [-0.25, -0.2) is 4.57 Å². The van der Waals surface area contributed by atoms with Crippen molar-refractivity contribution in [1.29, 1.82) is 0 Å². The van der Waals surface area contributed by atoms with Gasteiger partial charge in [0.1, 0.15) is 43.6 Å². The van der Waals surface area contributed by atoms with E-state index in [1.165, 1.54) is 117 Å². The number of aliphatic carboxylic acids is 1. The van der Waals surface area contributed by atoms with E-state index in [0.717, 1.165) is 56.3 Å². The lowest BCUT2D eigenvalue weighted by atomic mass is 9.96. The number of rotatable bonds is 49. The zero-order valence-electron chi connectivity index (χ0n) is 47.0. The Bertz CT molecular complexity index is 1680. The number of primary amides is 1. The molecule has 0 radical (unpaired) electrons. The van der Waals surface area contributed by atoms with Gasteiger partial charge in [-0.1, -0.05) is 168 Å². The molecular weight excluding hydrogens is 1020 g/mol. The van der Waals surface area contributed by atoms with E-state index in [4.69, 9.17) is 39.5 Å². The average molecular weight is 1130 g/mol. The molecule has 0 aromatic heterocycles. The minimum atomic E-state index is -5.11. The van der Waals surface area contributed by atoms with Crippen molar-refractivity contribution in [3.63, 3.8) is 0 Å². The van der Waals surface area contributed by atoms with E-state index in [1.807, 2.05) is 0 Å². The molecule has 23 heteroatoms. The summed E-state index contributed by atoms with van der Waals surface area (Å²) in [5.41, 5.74) is 11.4. The summed E-state index contributed by atoms with van der Waals surface area (Å²) in [6.07, 6.45) is 19.6. The molecule has 0 saturated carbocycles. The molecule has 1 rings (SSSR count). The molecule has 10 N–H and O–H groups in total. The van der Waals surface area contributed by atoms with Crippen LogP contribution in [0.25, 0.3) is 0 Å². The largest absolute Gasteiger partial charge is 0.481 e. The van der Waals surface area contributed by atoms with Gasteiger partial charge in [-0.05, 0) is 33.1 Å². The van der Waals surface area contributed by atoms with Gasteiger partial charge in [0.25, 0.3) is 0 Å². The molecule has 0 bridgehead atoms. The molecule has 0 spiro atoms. The Balaban J connectivity index is 2.90. The van der Waals surface area contributed by atoms with Crippen LogP contribution >= 0.6 is 7.82 Å². The highest BCUT2D eigenvalue weighted by molar-refractivity contribution is 7.47. The first-order valence-electron chi connectivity index (χ1n) is 28.9. The first kappa shape index (κ1) is 71.7. The summed E-state index contributed by atoms with van der Waals surface area (Å²) >= 11 is 0. The van der Waals surface area contributed by atoms with Gasteiger partial charge >= 0.3 is 25.7 Å². The Morgan fingerprint density at radius 1 is 0.688 bits per heavy atom. The van der Waals surface area contributed by atoms with Crippen LogP contribution in [-0.2, 0) is 61.3 Å². The molecule has 1 fully saturated rings. The second-order valence-corrected chi connectivity index (χ2v) is 22.1. The van der Waals surface area contributed by atoms with Crippen molar-refractivity contribution < 1.29 is 86.6 Å². The van der Waals surface area contributed by atoms with Gasteiger partial charge in [0.15, 0.2) is 12.4 Å². The molecule has 1 aliphatic heterocycles. The number of amides is 3. The van der Waals surface area contributed by atoms with Crippen LogP contribution in [0.3, 0.4) is 0 Å². The van der Waals surface area contributed by atoms with Crippen LogP contribution in [0.2, 0.25) is 0 Å². The Morgan fingerprint density at radius 2 is 1.16 bits per heavy atom. The fraction of sp³-hybridized carbons (Fsp3) is 0.889. The number of unbranched alkanes of at least 4 members (excludes halogenated alkanes) is 24. The van der Waals surface area contributed by atoms with E-state index in [2.05, 4.69) is 19.2 Å². The molecule has 1 aliphatic rings. The van der Waals surface area contributed by atoms with Crippen LogP contribution in [0, 0.1) is 0 Å². The molecule has 0 aromatic carbocycles. The van der Waals surface area contributed by atoms with Crippen molar-refractivity contribution in [1.82, 2.24) is 10.2 Å². The second kappa shape index (κ2) is 43.5. The first-order chi connectivity index (χ1) is 36.8. The lowest BCUT2D eigenvalue weighted by molar-refractivity contribution is -0.268. The maximum absolute atomic E-state index is 13.2. The number of aliphatic hydroxyl groups excluding tert-OH is 3. The number of carboxylic acids is 1. The number of carboxylic acid groups (broad SMARTS) is 1. The molecule has 0 aromatic rings. The number of nitrogens with two attached hydrogens (primary N) is 2. The quantitative estimate of drug-likeness (QED) is 0.0177. The molecule has 1 saturated heterocycles. The maximum atomic E-state index is 13.2. The average Bonchev–Trinajstić information content (AvgIpc) is 3.38. The van der Waals surface area contributed by atoms with Gasteiger partial charge in [0.2, 0.25) is 17.7 Å². The normalized spacial score (nSPS) is 19.8. The third kappa shape index (κ3) is 34.4. The number of phosphoric ester groups is 1. The highest BCUT2D eigenvalue weighted by Crippen LogP contribution is 2.43. The standard InChI is InChI=1S/C54H101N4O18P/c1-5-7-9-11-13-15-17-19-21-23-25-27-29-31-47(63)71-37-42(75-48(64)32-30-28-26-24-22-20-18-16-14-12-10-8-6-2)38-72-77(69,70)73-39-45(60)57-49-51(50(65)44(36-59)76-54(49)68)74-40(3)35-58(53(67)41(4)55)43(52(56)66)33-34-46(61)62/h40-44,49-51,54,59,65,68H,5-39,55H2,1-4H3,(H2,56,66)(H,57,60)(H,61,62)(H,69,70)/t40?,41-,42?,43+,44+,49+,50+,51+,54-/m0/s1. The first-order valence-corrected chi connectivity index (χ1v) is 30.4. The van der Waals surface area contributed by atoms with Crippen LogP contribution in [0.1, 0.15) is 220 Å². The highest BCUT2D eigenvalue weighted by Gasteiger charge is 2.47. The van der Waals surface area contributed by atoms with Crippen molar-refractivity contribution in [2.45, 2.75) is 275 Å². The van der Waals surface area contributed by atoms with Gasteiger partial charge in [-0.2, -0.15) is 0 Å². The number of aliphatic hydroxyl groups is 3. The minimum Gasteiger partial charge on any atom is -0.481 e. The number of esters is 2. The Morgan fingerprint density at radius 3 is 1.60 bits per heavy atom. The Hall–Kier alpha value is -3.31. The van der Waals surface area contributed by atoms with Gasteiger partial charge in [0.05, 0.1) is 25.4 Å². The molecule has 3 amide bonds. The van der Waals surface area contributed by atoms with Crippen molar-refractivity contribution in [2.75, 3.05) is 33.0 Å². The van der Waals surface area contributed by atoms with E-state index in [0.29, 0.717) is 12.8 Å². The highest BCUT2D eigenvalue weighted by atomic mass is 31.2. The number of hydrogen-bond acceptors (Lipinski definition) is 17. The van der Waals surface area contributed by atoms with Gasteiger partial charge in [0, 0.05) is 25.8 Å². The van der Waals surface area contributed by atoms with Crippen molar-refractivity contribution in [2.24, 2.45) is 11.5 Å². The van der Waals surface area contributed by atoms with Crippen LogP contribution in [0.15, 0.2) is 0 Å². The topological polar surface area (TPSA) is 343 Å². The summed E-state index contributed by atoms with van der Waals surface area (Å²) < 4.78 is 45.4. The molecule has 0 aliphatic carbocycles. The summed E-state index contributed by atoms with van der Waals surface area (Å²) in [6, 6.07) is -4.24. The molecular formula is C54H101N4O18P. The predicted molar refractivity (Wildman–Crippen MR) is 289 cm³/mol. The summed E-state index contributed by atoms with van der Waals surface area (Å²) in [4.78, 5) is 87.3. The van der Waals surface area contributed by atoms with E-state index in [1.54, 1.807) is 0 Å². The van der Waals surface area contributed by atoms with E-state index in [9.17, 15) is 58.7 Å². The lowest BCUT2D eigenvalue weighted by Crippen LogP contribution is -2.66. The van der Waals surface area contributed by atoms with Gasteiger partial charge < -0.3 is 66.0 Å². The summed E-state index contributed by atoms with van der Waals surface area (Å²) in [5, 5.41) is 43.4. The van der Waals surface area contributed by atoms with Crippen LogP contribution in [0.5, 0.6) is 0 Å². The molecule has 22 nitrogen and oxygen atoms in total. The summed E-state index contributed by atoms with van der Waals surface area (Å²) in [6.45, 7) is 3.50. The number of carbonyl (C=O) groups is 6. The number of ether oxygens (including phenoxy) is 4. The Kier molecular flexibility index (Phi) is 40.5. The van der Waals surface area contributed by atoms with Crippen molar-refractivity contribution in [3.8, 4) is 0 Å². The molecule has 10 atom stereocenters. The monoisotopic (exact) mass is 1120 g/mol. The van der Waals surface area contributed by atoms with Crippen LogP contribution in [-0.4, -0.2) is 154 Å². The predicted octanol–water partition coefficient (Wildman–Crippen LogP) is 6.76. The summed E-state index contributed by atoms with van der Waals surface area (Å²) in [7, 11) is -5.11. The SMILES string of the molecule is CCCCCCCCCCCCCCCC(=O)OCC(COP(=O)(O)OCC(=O)N[C@@H]1[C@@H](OC(C)CN(C(=O)[C@H](C)N)[C@H](CCC(=O)O)C(N)=O)[C@H](O)[C@@H](CO)O[C@@H]1O)OC(=O)CCCCCCCCCCCCCCC. The van der Waals surface area contributed by atoms with E-state index in [-0.39, 0.29) is 19.3 Å². The number of hydrogen-bond donors (Lipinski definition) is 8. The van der Waals surface area contributed by atoms with Gasteiger partial charge in [-0.3, -0.25) is 37.8 Å². The molecule has 77 heavy (non-hydrogen) atoms. The Labute approximate surface area is 458 Å². The lowest BCUT2D eigenvalue weighted by Gasteiger charge is -2.44. The zero-order valence-corrected chi connectivity index (χ0v) is 47.9. The maximum Gasteiger partial charge on any atom is 0.472 e. The van der Waals surface area contributed by atoms with Crippen molar-refractivity contribution in [3.05, 3.63) is 0 Å². The van der Waals surface area contributed by atoms with E-state index >= 15 is 0 Å². The molecule has 1 heterocycles. The fourth-order valence-electron chi connectivity index (χ4n) is 9.11. The van der Waals surface area contributed by atoms with E-state index < -0.39 is 138 Å². The number of carbonyl (C=O) groups excluding carboxylic acids is 5. The smallest absolute Gasteiger partial charge is 0.472 e. The second-order valence-electron chi connectivity index (χ2n) is 20.7. The molecule has 450 valence electrons.